The lowest BCUT2D eigenvalue weighted by molar-refractivity contribution is -0.386. The van der Waals surface area contributed by atoms with Crippen LogP contribution in [0.4, 0.5) is 22.7 Å². The highest BCUT2D eigenvalue weighted by molar-refractivity contribution is 7.90. The molecule has 2 saturated heterocycles. The van der Waals surface area contributed by atoms with Gasteiger partial charge in [-0.15, -0.1) is 0 Å². The maximum atomic E-state index is 14.1. The van der Waals surface area contributed by atoms with E-state index in [1.807, 2.05) is 48.5 Å². The molecule has 18 rings (SSSR count). The van der Waals surface area contributed by atoms with Crippen LogP contribution in [0.25, 0.3) is 33.2 Å². The first-order valence-corrected chi connectivity index (χ1v) is 47.8. The maximum absolute atomic E-state index is 14.1. The first kappa shape index (κ1) is 89.1. The summed E-state index contributed by atoms with van der Waals surface area (Å²) in [6.45, 7) is 17.8. The van der Waals surface area contributed by atoms with Crippen LogP contribution in [0.3, 0.4) is 0 Å². The van der Waals surface area contributed by atoms with Gasteiger partial charge in [0.05, 0.1) is 74.6 Å². The molecule has 27 nitrogen and oxygen atoms in total. The first-order chi connectivity index (χ1) is 62.0. The highest BCUT2D eigenvalue weighted by Gasteiger charge is 2.38. The molecule has 4 aliphatic heterocycles. The number of aromatic nitrogens is 4. The third kappa shape index (κ3) is 20.7. The lowest BCUT2D eigenvalue weighted by Crippen LogP contribution is -2.47. The highest BCUT2D eigenvalue weighted by atomic mass is 35.5. The van der Waals surface area contributed by atoms with Gasteiger partial charge in [-0.3, -0.25) is 39.6 Å². The third-order valence-corrected chi connectivity index (χ3v) is 29.4. The summed E-state index contributed by atoms with van der Waals surface area (Å²) < 4.78 is 90.0. The monoisotopic (exact) mass is 1820 g/mol. The average Bonchev–Trinajstić information content (AvgIpc) is 1.52. The number of fused-ring (bicyclic) bond motifs is 4. The summed E-state index contributed by atoms with van der Waals surface area (Å²) in [6.07, 6.45) is 20.5. The number of nitrogens with zero attached hydrogens (tertiary/aromatic N) is 8. The van der Waals surface area contributed by atoms with E-state index < -0.39 is 57.2 Å². The Morgan fingerprint density at radius 1 is 0.535 bits per heavy atom. The molecule has 2 atom stereocenters. The predicted octanol–water partition coefficient (Wildman–Crippen LogP) is 19.9. The zero-order valence-corrected chi connectivity index (χ0v) is 75.9. The number of nitrogens with one attached hydrogen (secondary N) is 4. The number of nitro benzene ring substituents is 2. The zero-order valence-electron chi connectivity index (χ0n) is 72.7. The lowest BCUT2D eigenvalue weighted by Gasteiger charge is -2.39. The van der Waals surface area contributed by atoms with E-state index in [-0.39, 0.29) is 81.1 Å². The molecule has 8 heterocycles. The van der Waals surface area contributed by atoms with Crippen LogP contribution in [0.2, 0.25) is 10.0 Å². The Labute approximate surface area is 759 Å². The fraction of sp³-hybridized carbons (Fsp3) is 0.367. The molecular weight excluding hydrogens is 1720 g/mol. The molecule has 129 heavy (non-hydrogen) atoms. The van der Waals surface area contributed by atoms with Crippen molar-refractivity contribution in [2.24, 2.45) is 22.7 Å². The number of pyridine rings is 2. The molecule has 0 radical (unpaired) electrons. The number of hydrogen-bond donors (Lipinski definition) is 4. The molecule has 3 aliphatic carbocycles. The minimum atomic E-state index is -4.66. The fourth-order valence-corrected chi connectivity index (χ4v) is 21.4. The van der Waals surface area contributed by atoms with Crippen molar-refractivity contribution in [1.29, 1.82) is 0 Å². The van der Waals surface area contributed by atoms with Gasteiger partial charge in [-0.2, -0.15) is 0 Å². The number of sulfonamides is 2. The van der Waals surface area contributed by atoms with Crippen molar-refractivity contribution in [1.82, 2.24) is 39.2 Å². The molecule has 0 bridgehead atoms. The molecule has 7 aromatic carbocycles. The van der Waals surface area contributed by atoms with Crippen LogP contribution in [-0.2, 0) is 32.9 Å². The minimum absolute atomic E-state index is 0.0312. The number of hydrogen-bond acceptors (Lipinski definition) is 21. The maximum Gasteiger partial charge on any atom is 0.277 e. The number of rotatable bonds is 24. The molecule has 11 aromatic rings. The van der Waals surface area contributed by atoms with Crippen molar-refractivity contribution < 1.29 is 60.0 Å². The Morgan fingerprint density at radius 3 is 1.43 bits per heavy atom. The molecule has 4 N–H and O–H groups in total. The quantitative estimate of drug-likeness (QED) is 0.0322. The van der Waals surface area contributed by atoms with Gasteiger partial charge < -0.3 is 43.5 Å². The van der Waals surface area contributed by atoms with Crippen molar-refractivity contribution in [3.05, 3.63) is 263 Å². The van der Waals surface area contributed by atoms with Crippen molar-refractivity contribution in [3.63, 3.8) is 0 Å². The lowest BCUT2D eigenvalue weighted by atomic mass is 9.72. The molecule has 4 aromatic heterocycles. The molecule has 3 fully saturated rings. The SMILES string of the molecule is CC1(C)CCC(CN2CCN(c3ccc(C(=O)NS(=O)(=O)c4cc5c(c([N+](=O)[O-])c4)CC(CC4CCCCC4)CO5)c(Oc4cnc5[nH]ccc5c4)c3)CC2)=C(c2ccc(Cl)cc2)C1.COc1ccc([C@@H]2COc3cc(S(=O)(=O)NC(=O)c4ccc(N5CCN(CC6=C(c7ccc(Cl)cc7)CC(C)(C)CC6)CC5)cc4Oc4cnc5[nH]ccc5c4)cc([N+](=O)[O-])c3C2)cc1. The fourth-order valence-electron chi connectivity index (χ4n) is 19.1. The largest absolute Gasteiger partial charge is 0.497 e. The van der Waals surface area contributed by atoms with Gasteiger partial charge in [-0.05, 0) is 193 Å². The number of aromatic amines is 2. The van der Waals surface area contributed by atoms with Gasteiger partial charge in [0.15, 0.2) is 0 Å². The van der Waals surface area contributed by atoms with Crippen LogP contribution in [0.15, 0.2) is 203 Å². The number of amides is 2. The van der Waals surface area contributed by atoms with E-state index in [2.05, 4.69) is 101 Å². The van der Waals surface area contributed by atoms with Crippen LogP contribution >= 0.6 is 23.2 Å². The summed E-state index contributed by atoms with van der Waals surface area (Å²) in [6, 6.07) is 45.6. The van der Waals surface area contributed by atoms with E-state index in [0.717, 1.165) is 160 Å². The number of carbonyl (C=O) groups is 2. The number of piperazine rings is 2. The highest BCUT2D eigenvalue weighted by Crippen LogP contribution is 2.48. The van der Waals surface area contributed by atoms with E-state index >= 15 is 0 Å². The van der Waals surface area contributed by atoms with Crippen LogP contribution in [0.1, 0.15) is 159 Å². The van der Waals surface area contributed by atoms with Gasteiger partial charge in [0.25, 0.3) is 43.2 Å². The number of ether oxygens (including phenoxy) is 5. The summed E-state index contributed by atoms with van der Waals surface area (Å²) in [4.78, 5) is 75.2. The van der Waals surface area contributed by atoms with Gasteiger partial charge >= 0.3 is 0 Å². The Bertz CT molecular complexity index is 6400. The summed E-state index contributed by atoms with van der Waals surface area (Å²) in [5, 5.41) is 27.8. The Kier molecular flexibility index (Phi) is 26.0. The van der Waals surface area contributed by atoms with Crippen LogP contribution in [0, 0.1) is 42.9 Å². The Morgan fingerprint density at radius 2 is 0.984 bits per heavy atom. The summed E-state index contributed by atoms with van der Waals surface area (Å²) in [5.74, 6) is 0.374. The van der Waals surface area contributed by atoms with Crippen molar-refractivity contribution in [3.8, 4) is 40.2 Å². The standard InChI is InChI=1S/C49H49ClN6O8S.C49H55ClN6O7S/c1-49(2)16-14-34(43(27-49)32-4-8-36(50)9-5-32)29-54-18-20-55(21-19-54)37-10-13-41(46(24-37)64-39-22-33-15-17-51-47(33)52-28-39)48(57)53-65(60,61)40-25-44(56(58)59)42-23-35(30-63-45(42)26-40)31-6-11-38(62-3)12-7-31;1-49(2)16-14-36(43(28-49)34-8-10-37(50)11-9-34)30-54-18-20-55(21-19-54)38-12-13-41(46(25-38)63-39-24-35-15-17-51-47(35)52-29-39)48(57)53-64(60,61)40-26-44(56(58)59)42-23-33(31-62-45(42)27-40)22-32-6-4-3-5-7-32/h4-13,15,17,22,24-26,28,35H,14,16,18-21,23,27,29-30H2,1-3H3,(H,51,52)(H,53,57);8-13,15,17,24-27,29,32-33H,3-7,14,16,18-23,28,30-31H2,1-2H3,(H,51,52)(H,53,57)/t35-;/m0./s1. The first-order valence-electron chi connectivity index (χ1n) is 44.0. The summed E-state index contributed by atoms with van der Waals surface area (Å²) in [7, 11) is -7.70. The molecule has 7 aliphatic rings. The second-order valence-electron chi connectivity index (χ2n) is 36.5. The van der Waals surface area contributed by atoms with Gasteiger partial charge in [0, 0.05) is 152 Å². The second kappa shape index (κ2) is 37.7. The number of carbonyl (C=O) groups excluding carboxylic acids is 2. The molecule has 1 saturated carbocycles. The smallest absolute Gasteiger partial charge is 0.277 e. The van der Waals surface area contributed by atoms with Crippen molar-refractivity contribution in [2.75, 3.05) is 95.6 Å². The Balaban J connectivity index is 0.000000181. The number of H-pyrrole nitrogens is 2. The van der Waals surface area contributed by atoms with Crippen LogP contribution < -0.4 is 42.9 Å². The second-order valence-corrected chi connectivity index (χ2v) is 40.7. The number of halogens is 2. The normalized spacial score (nSPS) is 18.6. The number of methoxy groups -OCH3 is 1. The van der Waals surface area contributed by atoms with Gasteiger partial charge in [-0.1, -0.05) is 131 Å². The molecule has 672 valence electrons. The van der Waals surface area contributed by atoms with E-state index in [9.17, 15) is 46.7 Å². The molecule has 2 amide bonds. The third-order valence-electron chi connectivity index (χ3n) is 26.3. The predicted molar refractivity (Wildman–Crippen MR) is 499 cm³/mol. The number of nitro groups is 2. The molecule has 31 heteroatoms. The summed E-state index contributed by atoms with van der Waals surface area (Å²) >= 11 is 12.5. The van der Waals surface area contributed by atoms with Crippen molar-refractivity contribution >= 4 is 111 Å². The molecule has 0 spiro atoms. The number of allylic oxidation sites excluding steroid dienone is 2. The van der Waals surface area contributed by atoms with Crippen molar-refractivity contribution in [2.45, 2.75) is 133 Å². The summed E-state index contributed by atoms with van der Waals surface area (Å²) in [5.41, 5.74) is 12.3. The van der Waals surface area contributed by atoms with E-state index in [0.29, 0.717) is 66.1 Å². The van der Waals surface area contributed by atoms with Gasteiger partial charge in [0.2, 0.25) is 0 Å². The van der Waals surface area contributed by atoms with Crippen LogP contribution in [-0.4, -0.2) is 154 Å². The topological polar surface area (TPSA) is 329 Å². The van der Waals surface area contributed by atoms with Crippen LogP contribution in [0.5, 0.6) is 40.2 Å². The number of anilines is 2. The average molecular weight is 1830 g/mol. The molecule has 1 unspecified atom stereocenters. The van der Waals surface area contributed by atoms with E-state index in [4.69, 9.17) is 46.9 Å². The van der Waals surface area contributed by atoms with E-state index in [1.165, 1.54) is 83.3 Å². The Hall–Kier alpha value is -11.9. The minimum Gasteiger partial charge on any atom is -0.497 e. The van der Waals surface area contributed by atoms with Gasteiger partial charge in [0.1, 0.15) is 51.5 Å². The zero-order chi connectivity index (χ0) is 90.0. The van der Waals surface area contributed by atoms with E-state index in [1.54, 1.807) is 74.1 Å². The number of benzene rings is 7. The molecular formula is C98H104Cl2N12O15S2. The van der Waals surface area contributed by atoms with Gasteiger partial charge in [-0.25, -0.2) is 36.2 Å².